The van der Waals surface area contributed by atoms with Crippen LogP contribution < -0.4 is 20.3 Å². The first kappa shape index (κ1) is 18.4. The van der Waals surface area contributed by atoms with Gasteiger partial charge in [-0.1, -0.05) is 0 Å². The van der Waals surface area contributed by atoms with Crippen molar-refractivity contribution in [3.8, 4) is 5.75 Å². The molecule has 0 spiro atoms. The normalized spacial score (nSPS) is 13.4. The van der Waals surface area contributed by atoms with Crippen molar-refractivity contribution in [3.63, 3.8) is 0 Å². The number of nitrogens with one attached hydrogen (secondary N) is 2. The largest absolute Gasteiger partial charge is 0.493 e. The van der Waals surface area contributed by atoms with Gasteiger partial charge in [0.05, 0.1) is 13.7 Å². The Labute approximate surface area is 156 Å². The summed E-state index contributed by atoms with van der Waals surface area (Å²) >= 11 is 0. The first-order valence-electron chi connectivity index (χ1n) is 8.56. The summed E-state index contributed by atoms with van der Waals surface area (Å²) in [4.78, 5) is 41.7. The SMILES string of the molecule is COc1cccnc1NC(=O)CNC(=O)c1ccc(N2CCCC2=O)cc1. The summed E-state index contributed by atoms with van der Waals surface area (Å²) in [5.41, 5.74) is 1.18. The molecule has 0 atom stereocenters. The third-order valence-corrected chi connectivity index (χ3v) is 4.17. The number of hydrogen-bond acceptors (Lipinski definition) is 5. The van der Waals surface area contributed by atoms with E-state index in [4.69, 9.17) is 4.74 Å². The van der Waals surface area contributed by atoms with Crippen LogP contribution in [0.25, 0.3) is 0 Å². The third kappa shape index (κ3) is 4.41. The molecular weight excluding hydrogens is 348 g/mol. The van der Waals surface area contributed by atoms with Crippen molar-refractivity contribution >= 4 is 29.2 Å². The van der Waals surface area contributed by atoms with Gasteiger partial charge in [0.15, 0.2) is 11.6 Å². The highest BCUT2D eigenvalue weighted by Crippen LogP contribution is 2.22. The van der Waals surface area contributed by atoms with E-state index < -0.39 is 5.91 Å². The minimum atomic E-state index is -0.417. The second-order valence-corrected chi connectivity index (χ2v) is 5.98. The number of hydrogen-bond donors (Lipinski definition) is 2. The summed E-state index contributed by atoms with van der Waals surface area (Å²) in [7, 11) is 1.48. The molecule has 3 amide bonds. The molecule has 1 aliphatic heterocycles. The van der Waals surface area contributed by atoms with Gasteiger partial charge in [-0.15, -0.1) is 0 Å². The lowest BCUT2D eigenvalue weighted by molar-refractivity contribution is -0.117. The number of amides is 3. The first-order chi connectivity index (χ1) is 13.1. The van der Waals surface area contributed by atoms with Crippen molar-refractivity contribution in [3.05, 3.63) is 48.2 Å². The summed E-state index contributed by atoms with van der Waals surface area (Å²) in [6.45, 7) is 0.493. The lowest BCUT2D eigenvalue weighted by atomic mass is 10.2. The molecule has 0 radical (unpaired) electrons. The number of carbonyl (C=O) groups excluding carboxylic acids is 3. The van der Waals surface area contributed by atoms with Gasteiger partial charge >= 0.3 is 0 Å². The molecule has 0 saturated carbocycles. The number of methoxy groups -OCH3 is 1. The molecule has 1 saturated heterocycles. The van der Waals surface area contributed by atoms with Gasteiger partial charge < -0.3 is 20.3 Å². The Bertz CT molecular complexity index is 851. The van der Waals surface area contributed by atoms with E-state index in [1.807, 2.05) is 0 Å². The topological polar surface area (TPSA) is 101 Å². The molecule has 2 N–H and O–H groups in total. The molecule has 0 bridgehead atoms. The van der Waals surface area contributed by atoms with E-state index in [0.717, 1.165) is 12.1 Å². The van der Waals surface area contributed by atoms with Gasteiger partial charge in [-0.3, -0.25) is 14.4 Å². The number of pyridine rings is 1. The van der Waals surface area contributed by atoms with Crippen LogP contribution in [0.15, 0.2) is 42.6 Å². The molecule has 1 fully saturated rings. The highest BCUT2D eigenvalue weighted by molar-refractivity contribution is 6.00. The van der Waals surface area contributed by atoms with Crippen LogP contribution >= 0.6 is 0 Å². The van der Waals surface area contributed by atoms with Gasteiger partial charge in [0, 0.05) is 30.4 Å². The molecule has 0 unspecified atom stereocenters. The molecule has 0 aliphatic carbocycles. The lowest BCUT2D eigenvalue weighted by Crippen LogP contribution is -2.33. The molecule has 8 heteroatoms. The molecule has 1 aliphatic rings. The minimum Gasteiger partial charge on any atom is -0.493 e. The molecule has 2 aromatic rings. The van der Waals surface area contributed by atoms with Gasteiger partial charge in [-0.2, -0.15) is 0 Å². The molecule has 140 valence electrons. The van der Waals surface area contributed by atoms with Gasteiger partial charge in [-0.05, 0) is 42.8 Å². The predicted molar refractivity (Wildman–Crippen MR) is 99.8 cm³/mol. The van der Waals surface area contributed by atoms with E-state index in [1.54, 1.807) is 41.3 Å². The Morgan fingerprint density at radius 1 is 1.22 bits per heavy atom. The van der Waals surface area contributed by atoms with E-state index in [-0.39, 0.29) is 18.4 Å². The Morgan fingerprint density at radius 3 is 2.67 bits per heavy atom. The summed E-state index contributed by atoms with van der Waals surface area (Å²) in [6.07, 6.45) is 2.93. The van der Waals surface area contributed by atoms with Crippen LogP contribution in [0.3, 0.4) is 0 Å². The second-order valence-electron chi connectivity index (χ2n) is 5.98. The van der Waals surface area contributed by atoms with Crippen molar-refractivity contribution in [2.75, 3.05) is 30.4 Å². The molecule has 1 aromatic heterocycles. The monoisotopic (exact) mass is 368 g/mol. The zero-order valence-electron chi connectivity index (χ0n) is 14.9. The van der Waals surface area contributed by atoms with E-state index >= 15 is 0 Å². The van der Waals surface area contributed by atoms with Crippen LogP contribution in [-0.4, -0.2) is 42.9 Å². The predicted octanol–water partition coefficient (Wildman–Crippen LogP) is 1.59. The zero-order chi connectivity index (χ0) is 19.2. The van der Waals surface area contributed by atoms with E-state index in [0.29, 0.717) is 30.1 Å². The number of nitrogens with zero attached hydrogens (tertiary/aromatic N) is 2. The van der Waals surface area contributed by atoms with E-state index in [2.05, 4.69) is 15.6 Å². The molecule has 27 heavy (non-hydrogen) atoms. The Balaban J connectivity index is 1.54. The smallest absolute Gasteiger partial charge is 0.251 e. The number of ether oxygens (including phenoxy) is 1. The molecule has 3 rings (SSSR count). The van der Waals surface area contributed by atoms with Crippen LogP contribution in [-0.2, 0) is 9.59 Å². The average Bonchev–Trinajstić information content (AvgIpc) is 3.12. The first-order valence-corrected chi connectivity index (χ1v) is 8.56. The third-order valence-electron chi connectivity index (χ3n) is 4.17. The summed E-state index contributed by atoms with van der Waals surface area (Å²) < 4.78 is 5.11. The summed E-state index contributed by atoms with van der Waals surface area (Å²) in [5.74, 6) is 0.0222. The summed E-state index contributed by atoms with van der Waals surface area (Å²) in [6, 6.07) is 10.1. The zero-order valence-corrected chi connectivity index (χ0v) is 14.9. The number of aromatic nitrogens is 1. The molecule has 8 nitrogen and oxygen atoms in total. The van der Waals surface area contributed by atoms with Crippen LogP contribution in [0.4, 0.5) is 11.5 Å². The number of carbonyl (C=O) groups is 3. The fraction of sp³-hybridized carbons (Fsp3) is 0.263. The van der Waals surface area contributed by atoms with E-state index in [9.17, 15) is 14.4 Å². The van der Waals surface area contributed by atoms with Crippen molar-refractivity contribution in [2.45, 2.75) is 12.8 Å². The molecular formula is C19H20N4O4. The maximum absolute atomic E-state index is 12.2. The lowest BCUT2D eigenvalue weighted by Gasteiger charge is -2.15. The molecule has 2 heterocycles. The molecule has 1 aromatic carbocycles. The van der Waals surface area contributed by atoms with Crippen LogP contribution in [0, 0.1) is 0 Å². The van der Waals surface area contributed by atoms with Crippen LogP contribution in [0.2, 0.25) is 0 Å². The highest BCUT2D eigenvalue weighted by atomic mass is 16.5. The average molecular weight is 368 g/mol. The quantitative estimate of drug-likeness (QED) is 0.806. The fourth-order valence-corrected chi connectivity index (χ4v) is 2.80. The van der Waals surface area contributed by atoms with Gasteiger partial charge in [-0.25, -0.2) is 4.98 Å². The van der Waals surface area contributed by atoms with Crippen molar-refractivity contribution in [1.82, 2.24) is 10.3 Å². The standard InChI is InChI=1S/C19H20N4O4/c1-27-15-4-2-10-20-18(15)22-16(24)12-21-19(26)13-6-8-14(9-7-13)23-11-3-5-17(23)25/h2,4,6-10H,3,5,11-12H2,1H3,(H,21,26)(H,20,22,24). The van der Waals surface area contributed by atoms with Crippen LogP contribution in [0.5, 0.6) is 5.75 Å². The Morgan fingerprint density at radius 2 is 2.00 bits per heavy atom. The number of benzene rings is 1. The number of rotatable bonds is 6. The minimum absolute atomic E-state index is 0.0915. The summed E-state index contributed by atoms with van der Waals surface area (Å²) in [5, 5.41) is 5.14. The Hall–Kier alpha value is -3.42. The van der Waals surface area contributed by atoms with Crippen LogP contribution in [0.1, 0.15) is 23.2 Å². The van der Waals surface area contributed by atoms with Crippen molar-refractivity contribution < 1.29 is 19.1 Å². The Kier molecular flexibility index (Phi) is 5.65. The maximum Gasteiger partial charge on any atom is 0.251 e. The van der Waals surface area contributed by atoms with Crippen molar-refractivity contribution in [2.24, 2.45) is 0 Å². The highest BCUT2D eigenvalue weighted by Gasteiger charge is 2.21. The van der Waals surface area contributed by atoms with E-state index in [1.165, 1.54) is 13.3 Å². The van der Waals surface area contributed by atoms with Gasteiger partial charge in [0.1, 0.15) is 0 Å². The fourth-order valence-electron chi connectivity index (χ4n) is 2.80. The second kappa shape index (κ2) is 8.31. The van der Waals surface area contributed by atoms with Crippen molar-refractivity contribution in [1.29, 1.82) is 0 Å². The number of anilines is 2. The van der Waals surface area contributed by atoms with Gasteiger partial charge in [0.2, 0.25) is 11.8 Å². The maximum atomic E-state index is 12.2. The van der Waals surface area contributed by atoms with Gasteiger partial charge in [0.25, 0.3) is 5.91 Å².